The fourth-order valence-electron chi connectivity index (χ4n) is 5.49. The molecule has 0 amide bonds. The summed E-state index contributed by atoms with van der Waals surface area (Å²) in [6.45, 7) is 9.21. The average molecular weight is 432 g/mol. The van der Waals surface area contributed by atoms with Crippen LogP contribution in [0.15, 0.2) is 46.8 Å². The van der Waals surface area contributed by atoms with Crippen LogP contribution in [0.25, 0.3) is 0 Å². The Morgan fingerprint density at radius 2 is 1.44 bits per heavy atom. The summed E-state index contributed by atoms with van der Waals surface area (Å²) in [4.78, 5) is 28.8. The van der Waals surface area contributed by atoms with Crippen molar-refractivity contribution in [3.8, 4) is 6.07 Å². The van der Waals surface area contributed by atoms with E-state index >= 15 is 0 Å². The second-order valence-electron chi connectivity index (χ2n) is 11.1. The molecule has 32 heavy (non-hydrogen) atoms. The molecule has 168 valence electrons. The number of nitrogens with zero attached hydrogens (tertiary/aromatic N) is 2. The van der Waals surface area contributed by atoms with E-state index in [9.17, 15) is 9.59 Å². The Bertz CT molecular complexity index is 1020. The third-order valence-electron chi connectivity index (χ3n) is 6.95. The van der Waals surface area contributed by atoms with Crippen molar-refractivity contribution in [3.05, 3.63) is 52.4 Å². The molecule has 0 fully saturated rings. The largest absolute Gasteiger partial charge is 0.374 e. The molecule has 0 spiro atoms. The van der Waals surface area contributed by atoms with E-state index < -0.39 is 0 Å². The molecule has 0 bridgehead atoms. The van der Waals surface area contributed by atoms with Crippen molar-refractivity contribution in [2.24, 2.45) is 10.8 Å². The minimum atomic E-state index is -0.299. The number of dihydropyridines is 1. The Hall–Kier alpha value is -2.87. The Labute approximate surface area is 191 Å². The van der Waals surface area contributed by atoms with Crippen LogP contribution in [0.1, 0.15) is 71.3 Å². The maximum absolute atomic E-state index is 13.4. The molecule has 1 N–H and O–H groups in total. The molecule has 2 aliphatic carbocycles. The third kappa shape index (κ3) is 4.11. The van der Waals surface area contributed by atoms with Gasteiger partial charge in [0.25, 0.3) is 0 Å². The zero-order valence-corrected chi connectivity index (χ0v) is 19.8. The number of Topliss-reactive ketones (excluding diaryl/α,β-unsaturated/α-hetero) is 2. The smallest absolute Gasteiger partial charge is 0.162 e. The van der Waals surface area contributed by atoms with Crippen molar-refractivity contribution >= 4 is 17.3 Å². The first kappa shape index (κ1) is 22.3. The highest BCUT2D eigenvalue weighted by molar-refractivity contribution is 6.06. The molecule has 1 heterocycles. The molecule has 3 aliphatic rings. The molecule has 5 nitrogen and oxygen atoms in total. The summed E-state index contributed by atoms with van der Waals surface area (Å²) < 4.78 is 0. The lowest BCUT2D eigenvalue weighted by Crippen LogP contribution is -2.42. The first-order valence-electron chi connectivity index (χ1n) is 11.5. The summed E-state index contributed by atoms with van der Waals surface area (Å²) in [5, 5.41) is 12.4. The van der Waals surface area contributed by atoms with E-state index in [1.165, 1.54) is 0 Å². The quantitative estimate of drug-likeness (QED) is 0.725. The van der Waals surface area contributed by atoms with Crippen molar-refractivity contribution in [2.45, 2.75) is 65.7 Å². The summed E-state index contributed by atoms with van der Waals surface area (Å²) >= 11 is 0. The van der Waals surface area contributed by atoms with Gasteiger partial charge >= 0.3 is 0 Å². The molecular weight excluding hydrogens is 398 g/mol. The van der Waals surface area contributed by atoms with E-state index in [0.717, 1.165) is 46.6 Å². The number of allylic oxidation sites excluding steroid dienone is 4. The lowest BCUT2D eigenvalue weighted by molar-refractivity contribution is -0.119. The Balaban J connectivity index is 1.79. The third-order valence-corrected chi connectivity index (χ3v) is 6.95. The summed E-state index contributed by atoms with van der Waals surface area (Å²) in [6, 6.07) is 10.3. The summed E-state index contributed by atoms with van der Waals surface area (Å²) in [7, 11) is 1.97. The van der Waals surface area contributed by atoms with Gasteiger partial charge in [-0.2, -0.15) is 5.26 Å². The number of carbonyl (C=O) groups is 2. The van der Waals surface area contributed by atoms with Crippen LogP contribution in [-0.2, 0) is 9.59 Å². The SMILES string of the molecule is CN(CCC#N)c1ccc(C2C3=C(CC(C)(C)CC3=O)NC3=C2C(=O)CC(C)(C)C3)cc1. The van der Waals surface area contributed by atoms with Crippen LogP contribution >= 0.6 is 0 Å². The normalized spacial score (nSPS) is 22.1. The molecule has 0 radical (unpaired) electrons. The summed E-state index contributed by atoms with van der Waals surface area (Å²) in [5.74, 6) is -0.00629. The summed E-state index contributed by atoms with van der Waals surface area (Å²) in [5.41, 5.74) is 5.38. The Kier molecular flexibility index (Phi) is 5.53. The van der Waals surface area contributed by atoms with Gasteiger partial charge in [0.05, 0.1) is 12.5 Å². The Morgan fingerprint density at radius 3 is 1.91 bits per heavy atom. The van der Waals surface area contributed by atoms with Crippen molar-refractivity contribution in [1.82, 2.24) is 5.32 Å². The lowest BCUT2D eigenvalue weighted by atomic mass is 9.64. The maximum Gasteiger partial charge on any atom is 0.162 e. The number of benzene rings is 1. The zero-order valence-electron chi connectivity index (χ0n) is 19.8. The van der Waals surface area contributed by atoms with Crippen LogP contribution in [0, 0.1) is 22.2 Å². The Morgan fingerprint density at radius 1 is 0.938 bits per heavy atom. The van der Waals surface area contributed by atoms with Crippen molar-refractivity contribution in [1.29, 1.82) is 5.26 Å². The van der Waals surface area contributed by atoms with Gasteiger partial charge in [0.1, 0.15) is 0 Å². The van der Waals surface area contributed by atoms with Crippen molar-refractivity contribution in [3.63, 3.8) is 0 Å². The molecular formula is C27H33N3O2. The van der Waals surface area contributed by atoms with Gasteiger partial charge in [-0.15, -0.1) is 0 Å². The van der Waals surface area contributed by atoms with Gasteiger partial charge in [0.15, 0.2) is 11.6 Å². The number of nitriles is 1. The molecule has 1 aromatic rings. The topological polar surface area (TPSA) is 73.2 Å². The number of ketones is 2. The fraction of sp³-hybridized carbons (Fsp3) is 0.519. The molecule has 0 atom stereocenters. The van der Waals surface area contributed by atoms with E-state index in [2.05, 4.69) is 39.1 Å². The molecule has 0 saturated heterocycles. The van der Waals surface area contributed by atoms with Gasteiger partial charge < -0.3 is 10.2 Å². The molecule has 0 unspecified atom stereocenters. The van der Waals surface area contributed by atoms with Crippen LogP contribution in [0.5, 0.6) is 0 Å². The van der Waals surface area contributed by atoms with Crippen LogP contribution in [0.3, 0.4) is 0 Å². The maximum atomic E-state index is 13.4. The number of rotatable bonds is 4. The number of anilines is 1. The van der Waals surface area contributed by atoms with Crippen LogP contribution < -0.4 is 10.2 Å². The van der Waals surface area contributed by atoms with Gasteiger partial charge in [-0.25, -0.2) is 0 Å². The number of hydrogen-bond donors (Lipinski definition) is 1. The standard InChI is InChI=1S/C27H33N3O2/c1-26(2)13-19-24(21(31)15-26)23(25-20(29-19)14-27(3,4)16-22(25)32)17-7-9-18(10-8-17)30(5)12-6-11-28/h7-10,23,29H,6,12-16H2,1-5H3. The minimum absolute atomic E-state index is 0.0902. The van der Waals surface area contributed by atoms with Crippen molar-refractivity contribution in [2.75, 3.05) is 18.5 Å². The second-order valence-corrected chi connectivity index (χ2v) is 11.1. The summed E-state index contributed by atoms with van der Waals surface area (Å²) in [6.07, 6.45) is 3.09. The van der Waals surface area contributed by atoms with E-state index in [4.69, 9.17) is 5.26 Å². The van der Waals surface area contributed by atoms with E-state index in [0.29, 0.717) is 25.8 Å². The molecule has 4 rings (SSSR count). The lowest BCUT2D eigenvalue weighted by Gasteiger charge is -2.44. The highest BCUT2D eigenvalue weighted by Crippen LogP contribution is 2.51. The molecule has 0 aromatic heterocycles. The first-order chi connectivity index (χ1) is 15.0. The first-order valence-corrected chi connectivity index (χ1v) is 11.5. The van der Waals surface area contributed by atoms with Crippen LogP contribution in [0.2, 0.25) is 0 Å². The number of hydrogen-bond acceptors (Lipinski definition) is 5. The second kappa shape index (κ2) is 7.92. The molecule has 5 heteroatoms. The van der Waals surface area contributed by atoms with Gasteiger partial charge in [-0.1, -0.05) is 39.8 Å². The fourth-order valence-corrected chi connectivity index (χ4v) is 5.49. The monoisotopic (exact) mass is 431 g/mol. The average Bonchev–Trinajstić information content (AvgIpc) is 2.68. The molecule has 1 aliphatic heterocycles. The molecule has 1 aromatic carbocycles. The number of carbonyl (C=O) groups excluding carboxylic acids is 2. The highest BCUT2D eigenvalue weighted by atomic mass is 16.1. The number of nitrogens with one attached hydrogen (secondary N) is 1. The predicted octanol–water partition coefficient (Wildman–Crippen LogP) is 5.01. The van der Waals surface area contributed by atoms with E-state index in [1.807, 2.05) is 36.2 Å². The minimum Gasteiger partial charge on any atom is -0.374 e. The van der Waals surface area contributed by atoms with Crippen LogP contribution in [-0.4, -0.2) is 25.2 Å². The van der Waals surface area contributed by atoms with Gasteiger partial charge in [-0.05, 0) is 41.4 Å². The van der Waals surface area contributed by atoms with Crippen LogP contribution in [0.4, 0.5) is 5.69 Å². The van der Waals surface area contributed by atoms with Gasteiger partial charge in [-0.3, -0.25) is 9.59 Å². The van der Waals surface area contributed by atoms with Crippen molar-refractivity contribution < 1.29 is 9.59 Å². The predicted molar refractivity (Wildman–Crippen MR) is 126 cm³/mol. The van der Waals surface area contributed by atoms with Gasteiger partial charge in [0, 0.05) is 60.6 Å². The van der Waals surface area contributed by atoms with Gasteiger partial charge in [0.2, 0.25) is 0 Å². The highest BCUT2D eigenvalue weighted by Gasteiger charge is 2.46. The zero-order chi connectivity index (χ0) is 23.3. The van der Waals surface area contributed by atoms with E-state index in [1.54, 1.807) is 0 Å². The van der Waals surface area contributed by atoms with E-state index in [-0.39, 0.29) is 28.3 Å². The molecule has 0 saturated carbocycles.